The number of rotatable bonds is 4. The van der Waals surface area contributed by atoms with Gasteiger partial charge in [0.05, 0.1) is 26.7 Å². The van der Waals surface area contributed by atoms with Gasteiger partial charge >= 0.3 is 5.97 Å². The smallest absolute Gasteiger partial charge is 0.326 e. The molecule has 1 amide bonds. The molecule has 2 aliphatic rings. The number of oxime groups is 1. The van der Waals surface area contributed by atoms with Gasteiger partial charge in [-0.05, 0) is 48.6 Å². The zero-order valence-electron chi connectivity index (χ0n) is 17.7. The van der Waals surface area contributed by atoms with Gasteiger partial charge in [-0.1, -0.05) is 67.3 Å². The number of fused-ring (bicyclic) bond motifs is 2. The van der Waals surface area contributed by atoms with Crippen LogP contribution in [-0.2, 0) is 9.63 Å². The van der Waals surface area contributed by atoms with Gasteiger partial charge in [-0.15, -0.1) is 0 Å². The Balaban J connectivity index is 1.59. The molecule has 5 nitrogen and oxygen atoms in total. The average Bonchev–Trinajstić information content (AvgIpc) is 3.06. The lowest BCUT2D eigenvalue weighted by molar-refractivity contribution is -0.130. The largest absolute Gasteiger partial charge is 0.365 e. The lowest BCUT2D eigenvalue weighted by Gasteiger charge is -2.39. The highest BCUT2D eigenvalue weighted by molar-refractivity contribution is 6.42. The molecule has 2 aromatic rings. The van der Waals surface area contributed by atoms with Crippen molar-refractivity contribution in [1.82, 2.24) is 0 Å². The number of carbonyl (C=O) groups is 2. The minimum atomic E-state index is -0.661. The van der Waals surface area contributed by atoms with E-state index < -0.39 is 11.4 Å². The Hall–Kier alpha value is -2.37. The number of anilines is 1. The first kappa shape index (κ1) is 21.8. The van der Waals surface area contributed by atoms with Crippen molar-refractivity contribution in [2.24, 2.45) is 21.4 Å². The average molecular weight is 459 g/mol. The van der Waals surface area contributed by atoms with Gasteiger partial charge in [0.2, 0.25) is 5.91 Å². The molecule has 2 saturated carbocycles. The number of hydrogen-bond acceptors (Lipinski definition) is 4. The van der Waals surface area contributed by atoms with E-state index in [-0.39, 0.29) is 16.7 Å². The summed E-state index contributed by atoms with van der Waals surface area (Å²) in [4.78, 5) is 31.1. The van der Waals surface area contributed by atoms with E-state index in [1.807, 2.05) is 6.07 Å². The summed E-state index contributed by atoms with van der Waals surface area (Å²) in [6.45, 7) is 6.29. The van der Waals surface area contributed by atoms with E-state index in [9.17, 15) is 9.59 Å². The molecule has 7 heteroatoms. The molecule has 2 fully saturated rings. The molecule has 1 N–H and O–H groups in total. The summed E-state index contributed by atoms with van der Waals surface area (Å²) in [5.41, 5.74) is 0.395. The summed E-state index contributed by atoms with van der Waals surface area (Å²) in [7, 11) is 0. The van der Waals surface area contributed by atoms with E-state index in [2.05, 4.69) is 31.2 Å². The van der Waals surface area contributed by atoms with Crippen molar-refractivity contribution >= 4 is 46.5 Å². The highest BCUT2D eigenvalue weighted by atomic mass is 35.5. The Morgan fingerprint density at radius 2 is 1.71 bits per heavy atom. The second-order valence-electron chi connectivity index (χ2n) is 9.08. The molecule has 0 heterocycles. The molecule has 2 bridgehead atoms. The van der Waals surface area contributed by atoms with Crippen LogP contribution in [0.15, 0.2) is 53.7 Å². The van der Waals surface area contributed by atoms with Crippen molar-refractivity contribution in [1.29, 1.82) is 0 Å². The minimum Gasteiger partial charge on any atom is -0.326 e. The second-order valence-corrected chi connectivity index (χ2v) is 9.90. The minimum absolute atomic E-state index is 0.0841. The molecule has 2 atom stereocenters. The van der Waals surface area contributed by atoms with E-state index >= 15 is 0 Å². The molecule has 0 spiro atoms. The second kappa shape index (κ2) is 7.64. The standard InChI is InChI=1S/C24H24Cl2N2O3/c1-22(2)23(3)11-12-24(22,21(30)27-16-9-10-17(25)18(26)13-16)14-19(23)28-31-20(29)15-7-5-4-6-8-15/h4-10,13H,11-12,14H2,1-3H3,(H,27,30). The van der Waals surface area contributed by atoms with Crippen LogP contribution < -0.4 is 5.32 Å². The molecule has 0 saturated heterocycles. The highest BCUT2D eigenvalue weighted by Gasteiger charge is 2.71. The number of benzene rings is 2. The Bertz CT molecular complexity index is 1080. The monoisotopic (exact) mass is 458 g/mol. The molecule has 31 heavy (non-hydrogen) atoms. The fourth-order valence-electron chi connectivity index (χ4n) is 5.07. The third kappa shape index (κ3) is 3.35. The van der Waals surface area contributed by atoms with Crippen LogP contribution in [-0.4, -0.2) is 17.6 Å². The molecule has 4 rings (SSSR count). The van der Waals surface area contributed by atoms with Crippen LogP contribution >= 0.6 is 23.2 Å². The van der Waals surface area contributed by atoms with Crippen LogP contribution in [0, 0.1) is 16.2 Å². The molecule has 2 unspecified atom stereocenters. The number of nitrogens with one attached hydrogen (secondary N) is 1. The van der Waals surface area contributed by atoms with Crippen LogP contribution in [0.1, 0.15) is 50.4 Å². The fraction of sp³-hybridized carbons (Fsp3) is 0.375. The van der Waals surface area contributed by atoms with Crippen LogP contribution in [0.2, 0.25) is 10.0 Å². The van der Waals surface area contributed by atoms with Gasteiger partial charge in [0.15, 0.2) is 0 Å². The number of hydrogen-bond donors (Lipinski definition) is 1. The van der Waals surface area contributed by atoms with Crippen LogP contribution in [0.4, 0.5) is 5.69 Å². The lowest BCUT2D eigenvalue weighted by atomic mass is 9.64. The van der Waals surface area contributed by atoms with Crippen molar-refractivity contribution in [2.75, 3.05) is 5.32 Å². The van der Waals surface area contributed by atoms with Gasteiger partial charge < -0.3 is 10.2 Å². The molecule has 0 radical (unpaired) electrons. The van der Waals surface area contributed by atoms with Crippen molar-refractivity contribution in [3.8, 4) is 0 Å². The van der Waals surface area contributed by atoms with Crippen molar-refractivity contribution in [3.05, 3.63) is 64.1 Å². The number of halogens is 2. The first-order valence-corrected chi connectivity index (χ1v) is 11.0. The van der Waals surface area contributed by atoms with Gasteiger partial charge in [0, 0.05) is 17.5 Å². The first-order chi connectivity index (χ1) is 14.6. The molecule has 2 aromatic carbocycles. The highest BCUT2D eigenvalue weighted by Crippen LogP contribution is 2.71. The lowest BCUT2D eigenvalue weighted by Crippen LogP contribution is -2.43. The number of carbonyl (C=O) groups excluding carboxylic acids is 2. The van der Waals surface area contributed by atoms with E-state index in [0.29, 0.717) is 27.7 Å². The maximum Gasteiger partial charge on any atom is 0.365 e. The Kier molecular flexibility index (Phi) is 5.39. The Morgan fingerprint density at radius 1 is 1.00 bits per heavy atom. The Labute approximate surface area is 191 Å². The van der Waals surface area contributed by atoms with Gasteiger partial charge in [0.25, 0.3) is 0 Å². The van der Waals surface area contributed by atoms with Gasteiger partial charge in [-0.2, -0.15) is 0 Å². The number of amides is 1. The fourth-order valence-corrected chi connectivity index (χ4v) is 5.37. The van der Waals surface area contributed by atoms with Crippen molar-refractivity contribution < 1.29 is 14.4 Å². The van der Waals surface area contributed by atoms with Crippen molar-refractivity contribution in [3.63, 3.8) is 0 Å². The normalized spacial score (nSPS) is 27.3. The zero-order valence-corrected chi connectivity index (χ0v) is 19.2. The van der Waals surface area contributed by atoms with Crippen molar-refractivity contribution in [2.45, 2.75) is 40.0 Å². The molecule has 0 aromatic heterocycles. The van der Waals surface area contributed by atoms with Crippen LogP contribution in [0.5, 0.6) is 0 Å². The quantitative estimate of drug-likeness (QED) is 0.427. The maximum absolute atomic E-state index is 13.5. The van der Waals surface area contributed by atoms with E-state index in [0.717, 1.165) is 18.6 Å². The van der Waals surface area contributed by atoms with Gasteiger partial charge in [-0.25, -0.2) is 4.79 Å². The van der Waals surface area contributed by atoms with E-state index in [4.69, 9.17) is 28.0 Å². The summed E-state index contributed by atoms with van der Waals surface area (Å²) in [5, 5.41) is 8.08. The van der Waals surface area contributed by atoms with E-state index in [1.54, 1.807) is 42.5 Å². The summed E-state index contributed by atoms with van der Waals surface area (Å²) < 4.78 is 0. The predicted molar refractivity (Wildman–Crippen MR) is 123 cm³/mol. The summed E-state index contributed by atoms with van der Waals surface area (Å²) in [6.07, 6.45) is 1.96. The summed E-state index contributed by atoms with van der Waals surface area (Å²) in [5.74, 6) is -0.592. The number of nitrogens with zero attached hydrogens (tertiary/aromatic N) is 1. The first-order valence-electron chi connectivity index (χ1n) is 10.2. The van der Waals surface area contributed by atoms with Gasteiger partial charge in [0.1, 0.15) is 0 Å². The SMILES string of the molecule is CC12CCC(C(=O)Nc3ccc(Cl)c(Cl)c3)(CC1=NOC(=O)c1ccccc1)C2(C)C. The maximum atomic E-state index is 13.5. The van der Waals surface area contributed by atoms with Gasteiger partial charge in [-0.3, -0.25) is 4.79 Å². The molecular formula is C24H24Cl2N2O3. The zero-order chi connectivity index (χ0) is 22.4. The summed E-state index contributed by atoms with van der Waals surface area (Å²) in [6, 6.07) is 13.8. The van der Waals surface area contributed by atoms with E-state index in [1.165, 1.54) is 0 Å². The Morgan fingerprint density at radius 3 is 2.39 bits per heavy atom. The molecular weight excluding hydrogens is 435 g/mol. The molecule has 0 aliphatic heterocycles. The summed E-state index contributed by atoms with van der Waals surface area (Å²) >= 11 is 12.1. The third-order valence-corrected chi connectivity index (χ3v) is 8.33. The third-order valence-electron chi connectivity index (χ3n) is 7.59. The molecule has 162 valence electrons. The van der Waals surface area contributed by atoms with Crippen LogP contribution in [0.3, 0.4) is 0 Å². The predicted octanol–water partition coefficient (Wildman–Crippen LogP) is 6.36. The molecule has 2 aliphatic carbocycles. The van der Waals surface area contributed by atoms with Crippen LogP contribution in [0.25, 0.3) is 0 Å². The topological polar surface area (TPSA) is 67.8 Å².